The minimum absolute atomic E-state index is 0.239. The van der Waals surface area contributed by atoms with Gasteiger partial charge in [-0.2, -0.15) is 5.10 Å². The number of hydrogen-bond acceptors (Lipinski definition) is 5. The predicted molar refractivity (Wildman–Crippen MR) is 82.5 cm³/mol. The summed E-state index contributed by atoms with van der Waals surface area (Å²) >= 11 is 3.38. The number of fused-ring (bicyclic) bond motifs is 1. The second-order valence-electron chi connectivity index (χ2n) is 5.95. The summed E-state index contributed by atoms with van der Waals surface area (Å²) in [6, 6.07) is 0. The highest BCUT2D eigenvalue weighted by Crippen LogP contribution is 2.27. The van der Waals surface area contributed by atoms with E-state index in [2.05, 4.69) is 21.0 Å². The summed E-state index contributed by atoms with van der Waals surface area (Å²) in [5, 5.41) is 4.25. The Hall–Kier alpha value is -1.57. The molecule has 1 aromatic rings. The highest BCUT2D eigenvalue weighted by molar-refractivity contribution is 9.10. The van der Waals surface area contributed by atoms with E-state index >= 15 is 0 Å². The fraction of sp³-hybridized carbons (Fsp3) is 0.643. The van der Waals surface area contributed by atoms with Gasteiger partial charge >= 0.3 is 12.1 Å². The van der Waals surface area contributed by atoms with Crippen LogP contribution in [-0.2, 0) is 22.6 Å². The van der Waals surface area contributed by atoms with Gasteiger partial charge in [0, 0.05) is 6.54 Å². The molecule has 0 aromatic carbocycles. The normalized spacial score (nSPS) is 14.5. The summed E-state index contributed by atoms with van der Waals surface area (Å²) in [7, 11) is 0. The molecule has 0 fully saturated rings. The van der Waals surface area contributed by atoms with Crippen LogP contribution in [0.5, 0.6) is 0 Å². The molecular formula is C14H20BrN3O4. The van der Waals surface area contributed by atoms with Gasteiger partial charge in [-0.1, -0.05) is 0 Å². The van der Waals surface area contributed by atoms with E-state index < -0.39 is 11.6 Å². The number of amides is 1. The Morgan fingerprint density at radius 2 is 2.00 bits per heavy atom. The molecule has 1 amide bonds. The first-order valence-corrected chi connectivity index (χ1v) is 7.92. The van der Waals surface area contributed by atoms with Gasteiger partial charge in [0.15, 0.2) is 5.69 Å². The average molecular weight is 374 g/mol. The van der Waals surface area contributed by atoms with Crippen LogP contribution in [0, 0.1) is 0 Å². The van der Waals surface area contributed by atoms with Crippen LogP contribution in [0.3, 0.4) is 0 Å². The lowest BCUT2D eigenvalue weighted by Crippen LogP contribution is -2.41. The Morgan fingerprint density at radius 1 is 1.32 bits per heavy atom. The largest absolute Gasteiger partial charge is 0.461 e. The SMILES string of the molecule is CCOC(=O)c1nn2c(c1Br)CN(C(=O)OC(C)(C)C)CC2. The molecule has 0 radical (unpaired) electrons. The first-order chi connectivity index (χ1) is 10.2. The monoisotopic (exact) mass is 373 g/mol. The van der Waals surface area contributed by atoms with Gasteiger partial charge < -0.3 is 14.4 Å². The molecule has 22 heavy (non-hydrogen) atoms. The molecule has 0 saturated heterocycles. The maximum Gasteiger partial charge on any atom is 0.410 e. The molecule has 0 bridgehead atoms. The second kappa shape index (κ2) is 6.28. The van der Waals surface area contributed by atoms with Crippen LogP contribution in [0.1, 0.15) is 43.9 Å². The lowest BCUT2D eigenvalue weighted by molar-refractivity contribution is 0.0193. The van der Waals surface area contributed by atoms with Gasteiger partial charge in [-0.25, -0.2) is 9.59 Å². The molecule has 0 saturated carbocycles. The van der Waals surface area contributed by atoms with Crippen molar-refractivity contribution < 1.29 is 19.1 Å². The van der Waals surface area contributed by atoms with Crippen LogP contribution in [-0.4, -0.2) is 45.5 Å². The second-order valence-corrected chi connectivity index (χ2v) is 6.75. The first kappa shape index (κ1) is 16.8. The van der Waals surface area contributed by atoms with Crippen LogP contribution in [0.4, 0.5) is 4.79 Å². The summed E-state index contributed by atoms with van der Waals surface area (Å²) < 4.78 is 12.6. The Bertz CT molecular complexity index is 592. The molecule has 0 N–H and O–H groups in total. The summed E-state index contributed by atoms with van der Waals surface area (Å²) in [4.78, 5) is 25.6. The van der Waals surface area contributed by atoms with E-state index in [0.29, 0.717) is 24.1 Å². The van der Waals surface area contributed by atoms with Crippen molar-refractivity contribution in [2.24, 2.45) is 0 Å². The van der Waals surface area contributed by atoms with Crippen molar-refractivity contribution in [1.29, 1.82) is 0 Å². The third-order valence-corrected chi connectivity index (χ3v) is 3.87. The standard InChI is InChI=1S/C14H20BrN3O4/c1-5-21-12(19)11-10(15)9-8-17(6-7-18(9)16-11)13(20)22-14(2,3)4/h5-8H2,1-4H3. The smallest absolute Gasteiger partial charge is 0.410 e. The van der Waals surface area contributed by atoms with E-state index in [-0.39, 0.29) is 18.4 Å². The molecule has 0 spiro atoms. The van der Waals surface area contributed by atoms with E-state index in [4.69, 9.17) is 9.47 Å². The molecule has 1 aliphatic heterocycles. The van der Waals surface area contributed by atoms with Crippen LogP contribution in [0.15, 0.2) is 4.47 Å². The number of hydrogen-bond donors (Lipinski definition) is 0. The zero-order valence-corrected chi connectivity index (χ0v) is 14.8. The number of carbonyl (C=O) groups is 2. The predicted octanol–water partition coefficient (Wildman–Crippen LogP) is 2.57. The summed E-state index contributed by atoms with van der Waals surface area (Å²) in [6.45, 7) is 8.84. The van der Waals surface area contributed by atoms with Crippen molar-refractivity contribution in [3.63, 3.8) is 0 Å². The maximum atomic E-state index is 12.1. The number of rotatable bonds is 2. The Kier molecular flexibility index (Phi) is 4.79. The van der Waals surface area contributed by atoms with Crippen LogP contribution < -0.4 is 0 Å². The molecule has 2 heterocycles. The quantitative estimate of drug-likeness (QED) is 0.744. The number of halogens is 1. The van der Waals surface area contributed by atoms with E-state index in [9.17, 15) is 9.59 Å². The van der Waals surface area contributed by atoms with Crippen molar-refractivity contribution >= 4 is 28.0 Å². The van der Waals surface area contributed by atoms with Crippen LogP contribution >= 0.6 is 15.9 Å². The number of ether oxygens (including phenoxy) is 2. The molecule has 8 heteroatoms. The van der Waals surface area contributed by atoms with Crippen molar-refractivity contribution in [2.75, 3.05) is 13.2 Å². The van der Waals surface area contributed by atoms with Gasteiger partial charge in [0.1, 0.15) is 5.60 Å². The minimum Gasteiger partial charge on any atom is -0.461 e. The van der Waals surface area contributed by atoms with Gasteiger partial charge in [0.25, 0.3) is 0 Å². The minimum atomic E-state index is -0.540. The number of esters is 1. The summed E-state index contributed by atoms with van der Waals surface area (Å²) in [5.74, 6) is -0.472. The molecule has 2 rings (SSSR count). The molecule has 0 unspecified atom stereocenters. The number of nitrogens with zero attached hydrogens (tertiary/aromatic N) is 3. The van der Waals surface area contributed by atoms with Crippen molar-refractivity contribution in [2.45, 2.75) is 46.4 Å². The highest BCUT2D eigenvalue weighted by Gasteiger charge is 2.30. The van der Waals surface area contributed by atoms with E-state index in [1.54, 1.807) is 16.5 Å². The summed E-state index contributed by atoms with van der Waals surface area (Å²) in [6.07, 6.45) is -0.371. The molecule has 0 aliphatic carbocycles. The lowest BCUT2D eigenvalue weighted by Gasteiger charge is -2.30. The van der Waals surface area contributed by atoms with E-state index in [1.807, 2.05) is 20.8 Å². The molecule has 1 aromatic heterocycles. The Balaban J connectivity index is 2.17. The van der Waals surface area contributed by atoms with Gasteiger partial charge in [0.05, 0.1) is 29.9 Å². The van der Waals surface area contributed by atoms with E-state index in [0.717, 1.165) is 5.69 Å². The van der Waals surface area contributed by atoms with Gasteiger partial charge in [-0.3, -0.25) is 4.68 Å². The number of aromatic nitrogens is 2. The number of carbonyl (C=O) groups excluding carboxylic acids is 2. The zero-order chi connectivity index (χ0) is 16.5. The highest BCUT2D eigenvalue weighted by atomic mass is 79.9. The Morgan fingerprint density at radius 3 is 2.59 bits per heavy atom. The lowest BCUT2D eigenvalue weighted by atomic mass is 10.2. The fourth-order valence-electron chi connectivity index (χ4n) is 2.10. The first-order valence-electron chi connectivity index (χ1n) is 7.13. The molecule has 1 aliphatic rings. The van der Waals surface area contributed by atoms with Crippen LogP contribution in [0.2, 0.25) is 0 Å². The molecule has 0 atom stereocenters. The van der Waals surface area contributed by atoms with Gasteiger partial charge in [-0.05, 0) is 43.6 Å². The summed E-state index contributed by atoms with van der Waals surface area (Å²) in [5.41, 5.74) is 0.463. The molecular weight excluding hydrogens is 354 g/mol. The van der Waals surface area contributed by atoms with Crippen molar-refractivity contribution in [1.82, 2.24) is 14.7 Å². The third kappa shape index (κ3) is 3.60. The topological polar surface area (TPSA) is 73.7 Å². The Labute approximate surface area is 137 Å². The van der Waals surface area contributed by atoms with E-state index in [1.165, 1.54) is 0 Å². The third-order valence-electron chi connectivity index (χ3n) is 3.04. The maximum absolute atomic E-state index is 12.1. The van der Waals surface area contributed by atoms with Crippen molar-refractivity contribution in [3.05, 3.63) is 15.9 Å². The zero-order valence-electron chi connectivity index (χ0n) is 13.2. The van der Waals surface area contributed by atoms with Crippen LogP contribution in [0.25, 0.3) is 0 Å². The van der Waals surface area contributed by atoms with Gasteiger partial charge in [-0.15, -0.1) is 0 Å². The molecule has 7 nitrogen and oxygen atoms in total. The fourth-order valence-corrected chi connectivity index (χ4v) is 2.67. The molecule has 122 valence electrons. The van der Waals surface area contributed by atoms with Gasteiger partial charge in [0.2, 0.25) is 0 Å². The van der Waals surface area contributed by atoms with Crippen molar-refractivity contribution in [3.8, 4) is 0 Å². The average Bonchev–Trinajstić information content (AvgIpc) is 2.74.